The van der Waals surface area contributed by atoms with Gasteiger partial charge in [-0.1, -0.05) is 25.0 Å². The first-order valence-corrected chi connectivity index (χ1v) is 9.69. The number of aliphatic imine (C=N–C) groups is 1. The van der Waals surface area contributed by atoms with Gasteiger partial charge in [0.2, 0.25) is 0 Å². The van der Waals surface area contributed by atoms with Crippen LogP contribution in [0.5, 0.6) is 0 Å². The highest BCUT2D eigenvalue weighted by atomic mass is 19.1. The van der Waals surface area contributed by atoms with Gasteiger partial charge < -0.3 is 15.4 Å². The molecule has 0 spiro atoms. The van der Waals surface area contributed by atoms with Gasteiger partial charge in [-0.05, 0) is 37.0 Å². The summed E-state index contributed by atoms with van der Waals surface area (Å²) in [6.07, 6.45) is 6.48. The third kappa shape index (κ3) is 4.95. The molecule has 1 heterocycles. The van der Waals surface area contributed by atoms with Crippen LogP contribution in [0, 0.1) is 5.82 Å². The molecule has 2 N–H and O–H groups in total. The van der Waals surface area contributed by atoms with Gasteiger partial charge in [-0.3, -0.25) is 9.89 Å². The molecule has 0 radical (unpaired) electrons. The topological polar surface area (TPSA) is 48.9 Å². The maximum Gasteiger partial charge on any atom is 0.191 e. The molecule has 3 rings (SSSR count). The van der Waals surface area contributed by atoms with E-state index in [4.69, 9.17) is 4.74 Å². The van der Waals surface area contributed by atoms with Crippen molar-refractivity contribution >= 4 is 5.96 Å². The molecule has 144 valence electrons. The minimum Gasteiger partial charge on any atom is -0.375 e. The predicted molar refractivity (Wildman–Crippen MR) is 103 cm³/mol. The van der Waals surface area contributed by atoms with Crippen LogP contribution in [0.15, 0.2) is 29.3 Å². The number of methoxy groups -OCH3 is 1. The summed E-state index contributed by atoms with van der Waals surface area (Å²) in [6, 6.07) is 7.67. The molecule has 0 bridgehead atoms. The SMILES string of the molecule is CN=C(NCC(OC)c1ccc(F)cc1)NC1CCN(C2CCCC2)C1. The van der Waals surface area contributed by atoms with Gasteiger partial charge >= 0.3 is 0 Å². The lowest BCUT2D eigenvalue weighted by Gasteiger charge is -2.24. The smallest absolute Gasteiger partial charge is 0.191 e. The zero-order valence-electron chi connectivity index (χ0n) is 15.9. The van der Waals surface area contributed by atoms with Crippen LogP contribution < -0.4 is 10.6 Å². The Balaban J connectivity index is 1.47. The quantitative estimate of drug-likeness (QED) is 0.603. The minimum atomic E-state index is -0.234. The molecule has 6 heteroatoms. The molecule has 2 unspecified atom stereocenters. The minimum absolute atomic E-state index is 0.146. The zero-order valence-corrected chi connectivity index (χ0v) is 15.9. The molecule has 2 aliphatic rings. The number of likely N-dealkylation sites (tertiary alicyclic amines) is 1. The lowest BCUT2D eigenvalue weighted by molar-refractivity contribution is 0.106. The largest absolute Gasteiger partial charge is 0.375 e. The van der Waals surface area contributed by atoms with E-state index in [1.54, 1.807) is 26.3 Å². The van der Waals surface area contributed by atoms with Crippen LogP contribution in [0.1, 0.15) is 43.8 Å². The van der Waals surface area contributed by atoms with Crippen LogP contribution in [0.25, 0.3) is 0 Å². The monoisotopic (exact) mass is 362 g/mol. The summed E-state index contributed by atoms with van der Waals surface area (Å²) in [5.74, 6) is 0.564. The van der Waals surface area contributed by atoms with Crippen molar-refractivity contribution in [2.45, 2.75) is 50.3 Å². The maximum absolute atomic E-state index is 13.1. The molecule has 1 aliphatic heterocycles. The van der Waals surface area contributed by atoms with E-state index < -0.39 is 0 Å². The van der Waals surface area contributed by atoms with Crippen LogP contribution in [-0.2, 0) is 4.74 Å². The fraction of sp³-hybridized carbons (Fsp3) is 0.650. The Bertz CT molecular complexity index is 586. The number of ether oxygens (including phenoxy) is 1. The van der Waals surface area contributed by atoms with Gasteiger partial charge in [-0.15, -0.1) is 0 Å². The van der Waals surface area contributed by atoms with E-state index in [0.717, 1.165) is 30.5 Å². The van der Waals surface area contributed by atoms with Crippen molar-refractivity contribution in [3.8, 4) is 0 Å². The Labute approximate surface area is 156 Å². The molecule has 2 fully saturated rings. The molecule has 1 aromatic carbocycles. The van der Waals surface area contributed by atoms with Crippen molar-refractivity contribution in [1.29, 1.82) is 0 Å². The van der Waals surface area contributed by atoms with E-state index in [1.807, 2.05) is 0 Å². The molecule has 0 amide bonds. The van der Waals surface area contributed by atoms with E-state index in [9.17, 15) is 4.39 Å². The number of nitrogens with one attached hydrogen (secondary N) is 2. The molecular weight excluding hydrogens is 331 g/mol. The Morgan fingerprint density at radius 3 is 2.65 bits per heavy atom. The Morgan fingerprint density at radius 2 is 2.00 bits per heavy atom. The zero-order chi connectivity index (χ0) is 18.4. The van der Waals surface area contributed by atoms with E-state index in [0.29, 0.717) is 12.6 Å². The molecule has 0 aromatic heterocycles. The second kappa shape index (κ2) is 9.33. The van der Waals surface area contributed by atoms with Gasteiger partial charge in [-0.2, -0.15) is 0 Å². The second-order valence-electron chi connectivity index (χ2n) is 7.29. The number of benzene rings is 1. The number of guanidine groups is 1. The molecule has 1 aliphatic carbocycles. The summed E-state index contributed by atoms with van der Waals surface area (Å²) in [5, 5.41) is 6.89. The van der Waals surface area contributed by atoms with Gasteiger partial charge in [-0.25, -0.2) is 4.39 Å². The standard InChI is InChI=1S/C20H31FN4O/c1-22-20(23-13-19(26-2)15-7-9-16(21)10-8-15)24-17-11-12-25(14-17)18-5-3-4-6-18/h7-10,17-19H,3-6,11-14H2,1-2H3,(H2,22,23,24). The van der Waals surface area contributed by atoms with E-state index in [-0.39, 0.29) is 11.9 Å². The summed E-state index contributed by atoms with van der Waals surface area (Å²) < 4.78 is 18.7. The summed E-state index contributed by atoms with van der Waals surface area (Å²) in [7, 11) is 3.46. The van der Waals surface area contributed by atoms with Crippen molar-refractivity contribution in [3.05, 3.63) is 35.6 Å². The lowest BCUT2D eigenvalue weighted by Crippen LogP contribution is -2.46. The average Bonchev–Trinajstić information content (AvgIpc) is 3.34. The molecule has 26 heavy (non-hydrogen) atoms. The van der Waals surface area contributed by atoms with E-state index >= 15 is 0 Å². The molecule has 1 saturated heterocycles. The fourth-order valence-corrected chi connectivity index (χ4v) is 4.10. The highest BCUT2D eigenvalue weighted by Gasteiger charge is 2.30. The Hall–Kier alpha value is -1.66. The predicted octanol–water partition coefficient (Wildman–Crippen LogP) is 2.70. The number of nitrogens with zero attached hydrogens (tertiary/aromatic N) is 2. The van der Waals surface area contributed by atoms with Gasteiger partial charge in [0.25, 0.3) is 0 Å². The van der Waals surface area contributed by atoms with E-state index in [2.05, 4.69) is 20.5 Å². The van der Waals surface area contributed by atoms with Crippen molar-refractivity contribution in [1.82, 2.24) is 15.5 Å². The first-order valence-electron chi connectivity index (χ1n) is 9.69. The molecule has 1 saturated carbocycles. The average molecular weight is 362 g/mol. The van der Waals surface area contributed by atoms with Crippen molar-refractivity contribution in [2.75, 3.05) is 33.8 Å². The summed E-state index contributed by atoms with van der Waals surface area (Å²) in [6.45, 7) is 2.85. The fourth-order valence-electron chi connectivity index (χ4n) is 4.10. The number of hydrogen-bond acceptors (Lipinski definition) is 3. The summed E-state index contributed by atoms with van der Waals surface area (Å²) in [4.78, 5) is 6.98. The normalized spacial score (nSPS) is 23.3. The Morgan fingerprint density at radius 1 is 1.27 bits per heavy atom. The van der Waals surface area contributed by atoms with Crippen molar-refractivity contribution in [3.63, 3.8) is 0 Å². The maximum atomic E-state index is 13.1. The van der Waals surface area contributed by atoms with Crippen LogP contribution in [0.2, 0.25) is 0 Å². The summed E-state index contributed by atoms with van der Waals surface area (Å²) >= 11 is 0. The Kier molecular flexibility index (Phi) is 6.86. The highest BCUT2D eigenvalue weighted by Crippen LogP contribution is 2.26. The van der Waals surface area contributed by atoms with Gasteiger partial charge in [0.05, 0.1) is 6.10 Å². The lowest BCUT2D eigenvalue weighted by atomic mass is 10.1. The third-order valence-corrected chi connectivity index (χ3v) is 5.61. The molecule has 2 atom stereocenters. The van der Waals surface area contributed by atoms with Crippen LogP contribution in [-0.4, -0.2) is 56.7 Å². The van der Waals surface area contributed by atoms with Gasteiger partial charge in [0.15, 0.2) is 5.96 Å². The first kappa shape index (κ1) is 19.1. The van der Waals surface area contributed by atoms with Gasteiger partial charge in [0.1, 0.15) is 5.82 Å². The van der Waals surface area contributed by atoms with E-state index in [1.165, 1.54) is 44.4 Å². The number of halogens is 1. The van der Waals surface area contributed by atoms with Crippen LogP contribution >= 0.6 is 0 Å². The van der Waals surface area contributed by atoms with Crippen molar-refractivity contribution in [2.24, 2.45) is 4.99 Å². The highest BCUT2D eigenvalue weighted by molar-refractivity contribution is 5.80. The summed E-state index contributed by atoms with van der Waals surface area (Å²) in [5.41, 5.74) is 0.949. The van der Waals surface area contributed by atoms with Gasteiger partial charge in [0, 0.05) is 45.9 Å². The second-order valence-corrected chi connectivity index (χ2v) is 7.29. The number of rotatable bonds is 6. The molecule has 1 aromatic rings. The van der Waals surface area contributed by atoms with Crippen LogP contribution in [0.4, 0.5) is 4.39 Å². The third-order valence-electron chi connectivity index (χ3n) is 5.61. The van der Waals surface area contributed by atoms with Crippen molar-refractivity contribution < 1.29 is 9.13 Å². The van der Waals surface area contributed by atoms with Crippen LogP contribution in [0.3, 0.4) is 0 Å². The molecular formula is C20H31FN4O. The number of hydrogen-bond donors (Lipinski definition) is 2. The first-order chi connectivity index (χ1) is 12.7. The molecule has 5 nitrogen and oxygen atoms in total.